The van der Waals surface area contributed by atoms with E-state index in [4.69, 9.17) is 11.6 Å². The summed E-state index contributed by atoms with van der Waals surface area (Å²) in [4.78, 5) is 27.5. The summed E-state index contributed by atoms with van der Waals surface area (Å²) in [5.74, 6) is 0.303. The van der Waals surface area contributed by atoms with E-state index in [9.17, 15) is 9.59 Å². The average molecular weight is 383 g/mol. The summed E-state index contributed by atoms with van der Waals surface area (Å²) < 4.78 is 0. The predicted octanol–water partition coefficient (Wildman–Crippen LogP) is 4.32. The number of rotatable bonds is 4. The normalized spacial score (nSPS) is 22.3. The van der Waals surface area contributed by atoms with E-state index in [0.717, 1.165) is 24.9 Å². The molecule has 1 heterocycles. The van der Waals surface area contributed by atoms with Crippen LogP contribution >= 0.6 is 11.6 Å². The maximum absolute atomic E-state index is 12.9. The molecule has 5 heteroatoms. The third-order valence-electron chi connectivity index (χ3n) is 5.44. The van der Waals surface area contributed by atoms with Gasteiger partial charge in [-0.15, -0.1) is 0 Å². The Kier molecular flexibility index (Phi) is 5.17. The average Bonchev–Trinajstić information content (AvgIpc) is 3.55. The van der Waals surface area contributed by atoms with Gasteiger partial charge < -0.3 is 10.2 Å². The molecule has 4 rings (SSSR count). The van der Waals surface area contributed by atoms with Crippen molar-refractivity contribution in [3.63, 3.8) is 0 Å². The van der Waals surface area contributed by atoms with Gasteiger partial charge in [-0.1, -0.05) is 41.9 Å². The largest absolute Gasteiger partial charge is 0.341 e. The Morgan fingerprint density at radius 1 is 0.926 bits per heavy atom. The highest BCUT2D eigenvalue weighted by Crippen LogP contribution is 2.36. The van der Waals surface area contributed by atoms with Crippen molar-refractivity contribution in [2.75, 3.05) is 18.4 Å². The SMILES string of the molecule is O=C(Nc1ccc(Cl)cc1)C1CC(c2ccccc2)CN(C(=O)C2CC2)C1. The number of carbonyl (C=O) groups is 2. The summed E-state index contributed by atoms with van der Waals surface area (Å²) in [7, 11) is 0. The molecule has 2 aromatic carbocycles. The first-order valence-corrected chi connectivity index (χ1v) is 9.88. The third kappa shape index (κ3) is 4.33. The van der Waals surface area contributed by atoms with Gasteiger partial charge in [0, 0.05) is 35.6 Å². The fourth-order valence-electron chi connectivity index (χ4n) is 3.80. The summed E-state index contributed by atoms with van der Waals surface area (Å²) in [5.41, 5.74) is 1.92. The third-order valence-corrected chi connectivity index (χ3v) is 5.69. The van der Waals surface area contributed by atoms with Crippen molar-refractivity contribution in [2.24, 2.45) is 11.8 Å². The number of likely N-dealkylation sites (tertiary alicyclic amines) is 1. The number of hydrogen-bond acceptors (Lipinski definition) is 2. The molecule has 2 aliphatic rings. The van der Waals surface area contributed by atoms with Crippen LogP contribution in [-0.4, -0.2) is 29.8 Å². The van der Waals surface area contributed by atoms with Crippen LogP contribution in [0.5, 0.6) is 0 Å². The minimum absolute atomic E-state index is 0.0356. The van der Waals surface area contributed by atoms with Crippen molar-refractivity contribution < 1.29 is 9.59 Å². The first kappa shape index (κ1) is 18.1. The molecule has 0 radical (unpaired) electrons. The van der Waals surface area contributed by atoms with E-state index in [1.807, 2.05) is 23.1 Å². The summed E-state index contributed by atoms with van der Waals surface area (Å²) >= 11 is 5.92. The van der Waals surface area contributed by atoms with Gasteiger partial charge in [0.05, 0.1) is 5.92 Å². The molecule has 1 saturated carbocycles. The molecule has 0 spiro atoms. The topological polar surface area (TPSA) is 49.4 Å². The fraction of sp³-hybridized carbons (Fsp3) is 0.364. The van der Waals surface area contributed by atoms with Crippen LogP contribution in [-0.2, 0) is 9.59 Å². The van der Waals surface area contributed by atoms with Gasteiger partial charge in [-0.05, 0) is 49.1 Å². The molecule has 0 aromatic heterocycles. The Balaban J connectivity index is 1.51. The molecule has 2 atom stereocenters. The Labute approximate surface area is 164 Å². The van der Waals surface area contributed by atoms with Crippen molar-refractivity contribution in [2.45, 2.75) is 25.2 Å². The molecule has 2 aromatic rings. The smallest absolute Gasteiger partial charge is 0.229 e. The van der Waals surface area contributed by atoms with E-state index in [1.165, 1.54) is 5.56 Å². The Bertz CT molecular complexity index is 818. The quantitative estimate of drug-likeness (QED) is 0.856. The van der Waals surface area contributed by atoms with Gasteiger partial charge in [-0.25, -0.2) is 0 Å². The van der Waals surface area contributed by atoms with Crippen LogP contribution in [0.15, 0.2) is 54.6 Å². The van der Waals surface area contributed by atoms with E-state index in [1.54, 1.807) is 24.3 Å². The molecule has 1 saturated heterocycles. The maximum Gasteiger partial charge on any atom is 0.229 e. The van der Waals surface area contributed by atoms with Gasteiger partial charge in [0.25, 0.3) is 0 Å². The molecule has 2 unspecified atom stereocenters. The highest BCUT2D eigenvalue weighted by atomic mass is 35.5. The number of benzene rings is 2. The number of piperidine rings is 1. The van der Waals surface area contributed by atoms with E-state index < -0.39 is 0 Å². The molecule has 0 bridgehead atoms. The van der Waals surface area contributed by atoms with Crippen LogP contribution in [0.2, 0.25) is 5.02 Å². The summed E-state index contributed by atoms with van der Waals surface area (Å²) in [6.07, 6.45) is 2.71. The molecule has 4 nitrogen and oxygen atoms in total. The first-order chi connectivity index (χ1) is 13.1. The number of hydrogen-bond donors (Lipinski definition) is 1. The number of halogens is 1. The number of anilines is 1. The molecule has 2 amide bonds. The molecular weight excluding hydrogens is 360 g/mol. The Hall–Kier alpha value is -2.33. The van der Waals surface area contributed by atoms with Gasteiger partial charge in [0.2, 0.25) is 11.8 Å². The fourth-order valence-corrected chi connectivity index (χ4v) is 3.93. The lowest BCUT2D eigenvalue weighted by Gasteiger charge is -2.37. The van der Waals surface area contributed by atoms with Crippen LogP contribution in [0.1, 0.15) is 30.7 Å². The lowest BCUT2D eigenvalue weighted by Crippen LogP contribution is -2.47. The molecule has 1 N–H and O–H groups in total. The van der Waals surface area contributed by atoms with Crippen LogP contribution in [0.25, 0.3) is 0 Å². The van der Waals surface area contributed by atoms with Crippen molar-refractivity contribution in [3.8, 4) is 0 Å². The maximum atomic E-state index is 12.9. The number of nitrogens with one attached hydrogen (secondary N) is 1. The zero-order valence-electron chi connectivity index (χ0n) is 15.1. The highest BCUT2D eigenvalue weighted by molar-refractivity contribution is 6.30. The van der Waals surface area contributed by atoms with E-state index >= 15 is 0 Å². The Morgan fingerprint density at radius 3 is 2.30 bits per heavy atom. The lowest BCUT2D eigenvalue weighted by atomic mass is 9.84. The molecule has 27 heavy (non-hydrogen) atoms. The number of nitrogens with zero attached hydrogens (tertiary/aromatic N) is 1. The van der Waals surface area contributed by atoms with Crippen LogP contribution in [0.4, 0.5) is 5.69 Å². The zero-order valence-corrected chi connectivity index (χ0v) is 15.9. The molecule has 2 fully saturated rings. The van der Waals surface area contributed by atoms with Gasteiger partial charge in [-0.2, -0.15) is 0 Å². The van der Waals surface area contributed by atoms with Crippen molar-refractivity contribution in [1.29, 1.82) is 0 Å². The molecule has 1 aliphatic heterocycles. The van der Waals surface area contributed by atoms with Crippen LogP contribution in [0.3, 0.4) is 0 Å². The van der Waals surface area contributed by atoms with E-state index in [2.05, 4.69) is 17.4 Å². The number of carbonyl (C=O) groups excluding carboxylic acids is 2. The van der Waals surface area contributed by atoms with Crippen LogP contribution in [0, 0.1) is 11.8 Å². The highest BCUT2D eigenvalue weighted by Gasteiger charge is 2.39. The minimum atomic E-state index is -0.220. The lowest BCUT2D eigenvalue weighted by molar-refractivity contribution is -0.136. The van der Waals surface area contributed by atoms with Gasteiger partial charge >= 0.3 is 0 Å². The predicted molar refractivity (Wildman–Crippen MR) is 107 cm³/mol. The molecular formula is C22H23ClN2O2. The monoisotopic (exact) mass is 382 g/mol. The van der Waals surface area contributed by atoms with Crippen molar-refractivity contribution in [1.82, 2.24) is 4.90 Å². The van der Waals surface area contributed by atoms with Gasteiger partial charge in [0.1, 0.15) is 0 Å². The summed E-state index contributed by atoms with van der Waals surface area (Å²) in [5, 5.41) is 3.61. The van der Waals surface area contributed by atoms with E-state index in [-0.39, 0.29) is 29.6 Å². The standard InChI is InChI=1S/C22H23ClN2O2/c23-19-8-10-20(11-9-19)24-21(26)18-12-17(15-4-2-1-3-5-15)13-25(14-18)22(27)16-6-7-16/h1-5,8-11,16-18H,6-7,12-14H2,(H,24,26). The molecule has 1 aliphatic carbocycles. The van der Waals surface area contributed by atoms with Gasteiger partial charge in [-0.3, -0.25) is 9.59 Å². The van der Waals surface area contributed by atoms with Crippen LogP contribution < -0.4 is 5.32 Å². The minimum Gasteiger partial charge on any atom is -0.341 e. The summed E-state index contributed by atoms with van der Waals surface area (Å²) in [6, 6.07) is 17.3. The number of amides is 2. The van der Waals surface area contributed by atoms with E-state index in [0.29, 0.717) is 18.1 Å². The summed E-state index contributed by atoms with van der Waals surface area (Å²) in [6.45, 7) is 1.20. The second kappa shape index (κ2) is 7.73. The zero-order chi connectivity index (χ0) is 18.8. The van der Waals surface area contributed by atoms with Crippen molar-refractivity contribution in [3.05, 3.63) is 65.2 Å². The second-order valence-corrected chi connectivity index (χ2v) is 7.99. The Morgan fingerprint density at radius 2 is 1.63 bits per heavy atom. The molecule has 140 valence electrons. The van der Waals surface area contributed by atoms with Crippen molar-refractivity contribution >= 4 is 29.1 Å². The first-order valence-electron chi connectivity index (χ1n) is 9.50. The van der Waals surface area contributed by atoms with Gasteiger partial charge in [0.15, 0.2) is 0 Å². The second-order valence-electron chi connectivity index (χ2n) is 7.55.